The van der Waals surface area contributed by atoms with Crippen molar-refractivity contribution < 1.29 is 9.21 Å². The minimum Gasteiger partial charge on any atom is -0.403 e. The zero-order chi connectivity index (χ0) is 20.5. The molecule has 1 aliphatic rings. The van der Waals surface area contributed by atoms with Crippen LogP contribution in [0.3, 0.4) is 0 Å². The third-order valence-electron chi connectivity index (χ3n) is 5.55. The molecule has 5 rings (SSSR count). The zero-order valence-corrected chi connectivity index (χ0v) is 16.4. The molecule has 1 amide bonds. The summed E-state index contributed by atoms with van der Waals surface area (Å²) in [6, 6.07) is 20.2. The lowest BCUT2D eigenvalue weighted by molar-refractivity contribution is 0.102. The monoisotopic (exact) mass is 396 g/mol. The molecule has 1 aliphatic carbocycles. The molecule has 5 nitrogen and oxygen atoms in total. The molecule has 1 aromatic heterocycles. The molecule has 0 radical (unpaired) electrons. The van der Waals surface area contributed by atoms with Crippen LogP contribution in [0.2, 0.25) is 0 Å². The molecule has 0 spiro atoms. The maximum absolute atomic E-state index is 12.9. The van der Waals surface area contributed by atoms with Crippen LogP contribution in [0.15, 0.2) is 75.9 Å². The molecule has 0 atom stereocenters. The van der Waals surface area contributed by atoms with E-state index in [4.69, 9.17) is 4.42 Å². The van der Waals surface area contributed by atoms with E-state index in [1.807, 2.05) is 30.3 Å². The van der Waals surface area contributed by atoms with Crippen molar-refractivity contribution in [3.8, 4) is 11.5 Å². The Kier molecular flexibility index (Phi) is 4.64. The number of hydrogen-bond donors (Lipinski definition) is 1. The van der Waals surface area contributed by atoms with Gasteiger partial charge in [-0.2, -0.15) is 0 Å². The van der Waals surface area contributed by atoms with E-state index in [-0.39, 0.29) is 11.8 Å². The number of para-hydroxylation sites is 2. The number of aryl methyl sites for hydroxylation is 2. The molecule has 0 fully saturated rings. The highest BCUT2D eigenvalue weighted by Gasteiger charge is 2.16. The first-order chi connectivity index (χ1) is 14.7. The molecule has 0 aliphatic heterocycles. The summed E-state index contributed by atoms with van der Waals surface area (Å²) < 4.78 is 5.46. The number of nitrogens with one attached hydrogen (secondary N) is 1. The van der Waals surface area contributed by atoms with Gasteiger partial charge >= 0.3 is 5.63 Å². The van der Waals surface area contributed by atoms with Gasteiger partial charge in [-0.25, -0.2) is 9.78 Å². The van der Waals surface area contributed by atoms with E-state index in [0.717, 1.165) is 19.3 Å². The first-order valence-corrected chi connectivity index (χ1v) is 10.1. The number of anilines is 1. The summed E-state index contributed by atoms with van der Waals surface area (Å²) in [7, 11) is 0. The third kappa shape index (κ3) is 3.39. The van der Waals surface area contributed by atoms with E-state index >= 15 is 0 Å². The SMILES string of the molecule is O=C(Nc1ccccc1-c1nc2ccccc2c(=O)o1)c1ccc2c(c1)CCCC2. The second-order valence-electron chi connectivity index (χ2n) is 7.51. The Morgan fingerprint density at radius 1 is 0.900 bits per heavy atom. The predicted octanol–water partition coefficient (Wildman–Crippen LogP) is 4.99. The Bertz CT molecular complexity index is 1320. The largest absolute Gasteiger partial charge is 0.403 e. The van der Waals surface area contributed by atoms with Crippen molar-refractivity contribution >= 4 is 22.5 Å². The van der Waals surface area contributed by atoms with Crippen LogP contribution in [-0.2, 0) is 12.8 Å². The van der Waals surface area contributed by atoms with E-state index in [0.29, 0.717) is 27.7 Å². The highest BCUT2D eigenvalue weighted by molar-refractivity contribution is 6.06. The quantitative estimate of drug-likeness (QED) is 0.530. The summed E-state index contributed by atoms with van der Waals surface area (Å²) in [5.74, 6) is -0.0148. The molecular formula is C25H20N2O3. The second-order valence-corrected chi connectivity index (χ2v) is 7.51. The lowest BCUT2D eigenvalue weighted by atomic mass is 9.90. The number of hydrogen-bond acceptors (Lipinski definition) is 4. The first-order valence-electron chi connectivity index (χ1n) is 10.1. The van der Waals surface area contributed by atoms with Gasteiger partial charge in [-0.05, 0) is 73.2 Å². The summed E-state index contributed by atoms with van der Waals surface area (Å²) in [5, 5.41) is 3.39. The van der Waals surface area contributed by atoms with Crippen molar-refractivity contribution in [2.75, 3.05) is 5.32 Å². The molecule has 3 aromatic carbocycles. The summed E-state index contributed by atoms with van der Waals surface area (Å²) in [5.41, 5.74) is 4.42. The van der Waals surface area contributed by atoms with Crippen LogP contribution in [-0.4, -0.2) is 10.9 Å². The minimum atomic E-state index is -0.452. The van der Waals surface area contributed by atoms with Gasteiger partial charge in [-0.1, -0.05) is 30.3 Å². The fraction of sp³-hybridized carbons (Fsp3) is 0.160. The molecule has 4 aromatic rings. The Labute approximate surface area is 173 Å². The number of benzene rings is 3. The number of aromatic nitrogens is 1. The summed E-state index contributed by atoms with van der Waals surface area (Å²) in [6.07, 6.45) is 4.45. The number of rotatable bonds is 3. The number of amides is 1. The van der Waals surface area contributed by atoms with Gasteiger partial charge in [0.1, 0.15) is 0 Å². The van der Waals surface area contributed by atoms with Crippen molar-refractivity contribution in [2.45, 2.75) is 25.7 Å². The molecule has 1 N–H and O–H groups in total. The molecule has 5 heteroatoms. The van der Waals surface area contributed by atoms with Gasteiger partial charge in [-0.3, -0.25) is 4.79 Å². The Morgan fingerprint density at radius 2 is 1.67 bits per heavy atom. The van der Waals surface area contributed by atoms with Crippen LogP contribution < -0.4 is 10.9 Å². The average molecular weight is 396 g/mol. The number of fused-ring (bicyclic) bond motifs is 2. The Balaban J connectivity index is 1.50. The van der Waals surface area contributed by atoms with Gasteiger partial charge in [0.15, 0.2) is 0 Å². The van der Waals surface area contributed by atoms with Gasteiger partial charge in [0.05, 0.1) is 22.2 Å². The normalized spacial score (nSPS) is 13.1. The highest BCUT2D eigenvalue weighted by atomic mass is 16.4. The molecule has 0 saturated heterocycles. The van der Waals surface area contributed by atoms with Crippen LogP contribution in [0.1, 0.15) is 34.3 Å². The summed E-state index contributed by atoms with van der Waals surface area (Å²) in [4.78, 5) is 29.8. The molecule has 148 valence electrons. The minimum absolute atomic E-state index is 0.181. The van der Waals surface area contributed by atoms with Crippen molar-refractivity contribution in [3.05, 3.63) is 93.8 Å². The maximum Gasteiger partial charge on any atom is 0.347 e. The number of carbonyl (C=O) groups is 1. The van der Waals surface area contributed by atoms with Crippen LogP contribution >= 0.6 is 0 Å². The second kappa shape index (κ2) is 7.59. The van der Waals surface area contributed by atoms with Crippen molar-refractivity contribution in [2.24, 2.45) is 0 Å². The average Bonchev–Trinajstić information content (AvgIpc) is 2.79. The standard InChI is InChI=1S/C25H20N2O3/c28-23(18-14-13-16-7-1-2-8-17(16)15-18)26-21-11-5-3-9-19(21)24-27-22-12-6-4-10-20(22)25(29)30-24/h3-6,9-15H,1-2,7-8H2,(H,26,28). The molecule has 1 heterocycles. The van der Waals surface area contributed by atoms with Crippen LogP contribution in [0.25, 0.3) is 22.4 Å². The van der Waals surface area contributed by atoms with Gasteiger partial charge in [0, 0.05) is 5.56 Å². The molecular weight excluding hydrogens is 376 g/mol. The van der Waals surface area contributed by atoms with E-state index in [1.165, 1.54) is 17.5 Å². The fourth-order valence-corrected chi connectivity index (χ4v) is 3.98. The van der Waals surface area contributed by atoms with Gasteiger partial charge < -0.3 is 9.73 Å². The molecule has 0 bridgehead atoms. The lowest BCUT2D eigenvalue weighted by Crippen LogP contribution is -2.14. The predicted molar refractivity (Wildman–Crippen MR) is 117 cm³/mol. The number of carbonyl (C=O) groups excluding carboxylic acids is 1. The van der Waals surface area contributed by atoms with Crippen LogP contribution in [0.5, 0.6) is 0 Å². The lowest BCUT2D eigenvalue weighted by Gasteiger charge is -2.16. The van der Waals surface area contributed by atoms with E-state index in [1.54, 1.807) is 30.3 Å². The van der Waals surface area contributed by atoms with E-state index in [9.17, 15) is 9.59 Å². The van der Waals surface area contributed by atoms with Crippen LogP contribution in [0, 0.1) is 0 Å². The Morgan fingerprint density at radius 3 is 2.57 bits per heavy atom. The maximum atomic E-state index is 12.9. The molecule has 0 saturated carbocycles. The smallest absolute Gasteiger partial charge is 0.347 e. The third-order valence-corrected chi connectivity index (χ3v) is 5.55. The summed E-state index contributed by atoms with van der Waals surface area (Å²) >= 11 is 0. The van der Waals surface area contributed by atoms with Gasteiger partial charge in [-0.15, -0.1) is 0 Å². The molecule has 0 unspecified atom stereocenters. The first kappa shape index (κ1) is 18.3. The Hall–Kier alpha value is -3.73. The number of nitrogens with zero attached hydrogens (tertiary/aromatic N) is 1. The van der Waals surface area contributed by atoms with Crippen molar-refractivity contribution in [1.82, 2.24) is 4.98 Å². The van der Waals surface area contributed by atoms with Crippen molar-refractivity contribution in [1.29, 1.82) is 0 Å². The van der Waals surface area contributed by atoms with E-state index < -0.39 is 5.63 Å². The summed E-state index contributed by atoms with van der Waals surface area (Å²) in [6.45, 7) is 0. The van der Waals surface area contributed by atoms with Crippen LogP contribution in [0.4, 0.5) is 5.69 Å². The van der Waals surface area contributed by atoms with Gasteiger partial charge in [0.2, 0.25) is 5.89 Å². The molecule has 30 heavy (non-hydrogen) atoms. The van der Waals surface area contributed by atoms with Gasteiger partial charge in [0.25, 0.3) is 5.91 Å². The zero-order valence-electron chi connectivity index (χ0n) is 16.4. The highest BCUT2D eigenvalue weighted by Crippen LogP contribution is 2.28. The van der Waals surface area contributed by atoms with E-state index in [2.05, 4.69) is 16.4 Å². The fourth-order valence-electron chi connectivity index (χ4n) is 3.98. The topological polar surface area (TPSA) is 72.2 Å². The van der Waals surface area contributed by atoms with Crippen molar-refractivity contribution in [3.63, 3.8) is 0 Å².